The van der Waals surface area contributed by atoms with Crippen LogP contribution in [-0.2, 0) is 11.2 Å². The second-order valence-corrected chi connectivity index (χ2v) is 4.79. The van der Waals surface area contributed by atoms with Gasteiger partial charge in [0, 0.05) is 23.9 Å². The van der Waals surface area contributed by atoms with Crippen molar-refractivity contribution in [2.75, 3.05) is 11.1 Å². The van der Waals surface area contributed by atoms with Gasteiger partial charge < -0.3 is 16.2 Å². The number of aromatic hydroxyl groups is 1. The third-order valence-electron chi connectivity index (χ3n) is 3.08. The molecular formula is C16H18N2O2. The zero-order valence-electron chi connectivity index (χ0n) is 11.4. The lowest BCUT2D eigenvalue weighted by Gasteiger charge is -2.07. The first-order valence-corrected chi connectivity index (χ1v) is 6.48. The molecule has 1 amide bonds. The van der Waals surface area contributed by atoms with Gasteiger partial charge in [-0.1, -0.05) is 18.2 Å². The monoisotopic (exact) mass is 270 g/mol. The van der Waals surface area contributed by atoms with Crippen LogP contribution in [0.2, 0.25) is 0 Å². The van der Waals surface area contributed by atoms with E-state index in [1.807, 2.05) is 24.3 Å². The topological polar surface area (TPSA) is 75.4 Å². The van der Waals surface area contributed by atoms with E-state index in [0.717, 1.165) is 11.1 Å². The van der Waals surface area contributed by atoms with Gasteiger partial charge in [-0.05, 0) is 42.7 Å². The number of phenolic OH excluding ortho intramolecular Hbond substituents is 1. The number of aryl methyl sites for hydroxylation is 2. The van der Waals surface area contributed by atoms with Crippen molar-refractivity contribution in [3.63, 3.8) is 0 Å². The maximum Gasteiger partial charge on any atom is 0.224 e. The van der Waals surface area contributed by atoms with Crippen molar-refractivity contribution in [2.24, 2.45) is 0 Å². The largest absolute Gasteiger partial charge is 0.508 e. The molecule has 0 bridgehead atoms. The Morgan fingerprint density at radius 2 is 2.05 bits per heavy atom. The number of nitrogen functional groups attached to an aromatic ring is 1. The molecule has 0 saturated heterocycles. The Morgan fingerprint density at radius 1 is 1.25 bits per heavy atom. The Hall–Kier alpha value is -2.49. The first-order valence-electron chi connectivity index (χ1n) is 6.48. The van der Waals surface area contributed by atoms with E-state index in [9.17, 15) is 9.90 Å². The summed E-state index contributed by atoms with van der Waals surface area (Å²) in [5.74, 6) is 0.0920. The average Bonchev–Trinajstić information content (AvgIpc) is 2.41. The van der Waals surface area contributed by atoms with Gasteiger partial charge in [-0.3, -0.25) is 4.79 Å². The fraction of sp³-hybridized carbons (Fsp3) is 0.188. The molecule has 4 nitrogen and oxygen atoms in total. The molecule has 0 aromatic heterocycles. The highest BCUT2D eigenvalue weighted by Crippen LogP contribution is 2.21. The Bertz CT molecular complexity index is 624. The number of carbonyl (C=O) groups excluding carboxylic acids is 1. The number of hydrogen-bond acceptors (Lipinski definition) is 3. The third-order valence-corrected chi connectivity index (χ3v) is 3.08. The van der Waals surface area contributed by atoms with Gasteiger partial charge >= 0.3 is 0 Å². The standard InChI is InChI=1S/C16H18N2O2/c1-11-5-7-14(10-15(11)19)18-16(20)8-6-12-3-2-4-13(17)9-12/h2-5,7,9-10,19H,6,8,17H2,1H3,(H,18,20). The van der Waals surface area contributed by atoms with Crippen LogP contribution in [-0.4, -0.2) is 11.0 Å². The van der Waals surface area contributed by atoms with E-state index in [-0.39, 0.29) is 11.7 Å². The van der Waals surface area contributed by atoms with E-state index >= 15 is 0 Å². The minimum absolute atomic E-state index is 0.0873. The lowest BCUT2D eigenvalue weighted by atomic mass is 10.1. The average molecular weight is 270 g/mol. The Labute approximate surface area is 118 Å². The first kappa shape index (κ1) is 13.9. The van der Waals surface area contributed by atoms with E-state index in [2.05, 4.69) is 5.32 Å². The van der Waals surface area contributed by atoms with Crippen molar-refractivity contribution in [3.8, 4) is 5.75 Å². The molecule has 0 aliphatic rings. The van der Waals surface area contributed by atoms with Crippen molar-refractivity contribution in [1.82, 2.24) is 0 Å². The van der Waals surface area contributed by atoms with Crippen LogP contribution in [0.15, 0.2) is 42.5 Å². The highest BCUT2D eigenvalue weighted by molar-refractivity contribution is 5.91. The van der Waals surface area contributed by atoms with Gasteiger partial charge in [0.2, 0.25) is 5.91 Å². The Morgan fingerprint density at radius 3 is 2.75 bits per heavy atom. The molecule has 0 fully saturated rings. The van der Waals surface area contributed by atoms with Crippen LogP contribution in [0.4, 0.5) is 11.4 Å². The summed E-state index contributed by atoms with van der Waals surface area (Å²) in [6.07, 6.45) is 1.01. The van der Waals surface area contributed by atoms with Crippen LogP contribution in [0, 0.1) is 6.92 Å². The van der Waals surface area contributed by atoms with Crippen LogP contribution < -0.4 is 11.1 Å². The fourth-order valence-corrected chi connectivity index (χ4v) is 1.92. The number of amides is 1. The highest BCUT2D eigenvalue weighted by atomic mass is 16.3. The van der Waals surface area contributed by atoms with Gasteiger partial charge in [-0.2, -0.15) is 0 Å². The van der Waals surface area contributed by atoms with Crippen molar-refractivity contribution in [1.29, 1.82) is 0 Å². The molecular weight excluding hydrogens is 252 g/mol. The molecule has 0 aliphatic heterocycles. The van der Waals surface area contributed by atoms with Gasteiger partial charge in [0.1, 0.15) is 5.75 Å². The number of benzene rings is 2. The summed E-state index contributed by atoms with van der Waals surface area (Å²) < 4.78 is 0. The maximum absolute atomic E-state index is 11.8. The third kappa shape index (κ3) is 3.75. The fourth-order valence-electron chi connectivity index (χ4n) is 1.92. The summed E-state index contributed by atoms with van der Waals surface area (Å²) in [5, 5.41) is 12.4. The maximum atomic E-state index is 11.8. The summed E-state index contributed by atoms with van der Waals surface area (Å²) in [7, 11) is 0. The molecule has 0 unspecified atom stereocenters. The molecule has 0 spiro atoms. The van der Waals surface area contributed by atoms with Gasteiger partial charge in [0.25, 0.3) is 0 Å². The van der Waals surface area contributed by atoms with Crippen molar-refractivity contribution in [2.45, 2.75) is 19.8 Å². The normalized spacial score (nSPS) is 10.2. The molecule has 0 radical (unpaired) electrons. The van der Waals surface area contributed by atoms with Crippen LogP contribution >= 0.6 is 0 Å². The van der Waals surface area contributed by atoms with Crippen LogP contribution in [0.3, 0.4) is 0 Å². The molecule has 0 heterocycles. The van der Waals surface area contributed by atoms with Crippen LogP contribution in [0.25, 0.3) is 0 Å². The predicted molar refractivity (Wildman–Crippen MR) is 80.6 cm³/mol. The lowest BCUT2D eigenvalue weighted by Crippen LogP contribution is -2.12. The summed E-state index contributed by atoms with van der Waals surface area (Å²) in [6, 6.07) is 12.6. The number of phenols is 1. The number of nitrogens with two attached hydrogens (primary N) is 1. The molecule has 20 heavy (non-hydrogen) atoms. The van der Waals surface area contributed by atoms with Crippen molar-refractivity contribution in [3.05, 3.63) is 53.6 Å². The van der Waals surface area contributed by atoms with Crippen LogP contribution in [0.1, 0.15) is 17.5 Å². The van der Waals surface area contributed by atoms with E-state index in [0.29, 0.717) is 24.2 Å². The molecule has 0 atom stereocenters. The number of anilines is 2. The quantitative estimate of drug-likeness (QED) is 0.748. The molecule has 4 heteroatoms. The summed E-state index contributed by atoms with van der Waals surface area (Å²) in [4.78, 5) is 11.8. The SMILES string of the molecule is Cc1ccc(NC(=O)CCc2cccc(N)c2)cc1O. The molecule has 2 aromatic rings. The number of rotatable bonds is 4. The molecule has 2 aromatic carbocycles. The highest BCUT2D eigenvalue weighted by Gasteiger charge is 2.05. The second kappa shape index (κ2) is 6.10. The lowest BCUT2D eigenvalue weighted by molar-refractivity contribution is -0.116. The zero-order valence-corrected chi connectivity index (χ0v) is 11.4. The van der Waals surface area contributed by atoms with Gasteiger partial charge in [-0.25, -0.2) is 0 Å². The Kier molecular flexibility index (Phi) is 4.25. The van der Waals surface area contributed by atoms with Crippen molar-refractivity contribution < 1.29 is 9.90 Å². The summed E-state index contributed by atoms with van der Waals surface area (Å²) in [6.45, 7) is 1.81. The van der Waals surface area contributed by atoms with E-state index in [4.69, 9.17) is 5.73 Å². The Balaban J connectivity index is 1.91. The second-order valence-electron chi connectivity index (χ2n) is 4.79. The first-order chi connectivity index (χ1) is 9.54. The van der Waals surface area contributed by atoms with Gasteiger partial charge in [-0.15, -0.1) is 0 Å². The number of carbonyl (C=O) groups is 1. The number of nitrogens with one attached hydrogen (secondary N) is 1. The predicted octanol–water partition coefficient (Wildman–Crippen LogP) is 2.85. The summed E-state index contributed by atoms with van der Waals surface area (Å²) in [5.41, 5.74) is 8.81. The molecule has 0 saturated carbocycles. The van der Waals surface area contributed by atoms with E-state index in [1.54, 1.807) is 25.1 Å². The number of hydrogen-bond donors (Lipinski definition) is 3. The van der Waals surface area contributed by atoms with Gasteiger partial charge in [0.15, 0.2) is 0 Å². The van der Waals surface area contributed by atoms with E-state index < -0.39 is 0 Å². The summed E-state index contributed by atoms with van der Waals surface area (Å²) >= 11 is 0. The molecule has 0 aliphatic carbocycles. The smallest absolute Gasteiger partial charge is 0.224 e. The molecule has 4 N–H and O–H groups in total. The van der Waals surface area contributed by atoms with Gasteiger partial charge in [0.05, 0.1) is 0 Å². The van der Waals surface area contributed by atoms with Crippen LogP contribution in [0.5, 0.6) is 5.75 Å². The molecule has 104 valence electrons. The van der Waals surface area contributed by atoms with E-state index in [1.165, 1.54) is 0 Å². The molecule has 2 rings (SSSR count). The zero-order chi connectivity index (χ0) is 14.5. The van der Waals surface area contributed by atoms with Crippen molar-refractivity contribution >= 4 is 17.3 Å². The minimum Gasteiger partial charge on any atom is -0.508 e. The minimum atomic E-state index is -0.0873.